The summed E-state index contributed by atoms with van der Waals surface area (Å²) >= 11 is 0. The Morgan fingerprint density at radius 3 is 2.75 bits per heavy atom. The molecule has 1 saturated carbocycles. The lowest BCUT2D eigenvalue weighted by Gasteiger charge is -2.33. The van der Waals surface area contributed by atoms with Gasteiger partial charge in [-0.15, -0.1) is 0 Å². The number of aliphatic hydroxyl groups is 1. The van der Waals surface area contributed by atoms with Crippen LogP contribution in [0.15, 0.2) is 0 Å². The lowest BCUT2D eigenvalue weighted by molar-refractivity contribution is 0.0835. The zero-order valence-electron chi connectivity index (χ0n) is 8.21. The smallest absolute Gasteiger partial charge is 0.0555 e. The van der Waals surface area contributed by atoms with Crippen LogP contribution in [0.5, 0.6) is 0 Å². The maximum atomic E-state index is 9.46. The van der Waals surface area contributed by atoms with Crippen molar-refractivity contribution < 1.29 is 5.11 Å². The summed E-state index contributed by atoms with van der Waals surface area (Å²) in [6, 6.07) is 0.550. The summed E-state index contributed by atoms with van der Waals surface area (Å²) in [5.74, 6) is 0.795. The molecule has 0 spiro atoms. The molecular weight excluding hydrogens is 150 g/mol. The van der Waals surface area contributed by atoms with E-state index < -0.39 is 0 Å². The van der Waals surface area contributed by atoms with Crippen molar-refractivity contribution in [2.45, 2.75) is 51.2 Å². The third-order valence-corrected chi connectivity index (χ3v) is 3.00. The van der Waals surface area contributed by atoms with Crippen LogP contribution >= 0.6 is 0 Å². The molecule has 1 aliphatic rings. The van der Waals surface area contributed by atoms with Gasteiger partial charge in [-0.1, -0.05) is 13.3 Å². The molecule has 3 unspecified atom stereocenters. The first-order chi connectivity index (χ1) is 5.77. The van der Waals surface area contributed by atoms with Crippen LogP contribution in [-0.4, -0.2) is 24.3 Å². The van der Waals surface area contributed by atoms with E-state index in [9.17, 15) is 5.11 Å². The van der Waals surface area contributed by atoms with Crippen molar-refractivity contribution in [1.82, 2.24) is 5.32 Å². The standard InChI is InChI=1S/C10H21NO/c1-3-4-8-5-6-9(12)7-10(8)11-2/h8-12H,3-7H2,1-2H3. The Balaban J connectivity index is 2.39. The first kappa shape index (κ1) is 10.0. The van der Waals surface area contributed by atoms with Gasteiger partial charge in [-0.25, -0.2) is 0 Å². The minimum absolute atomic E-state index is 0.0597. The van der Waals surface area contributed by atoms with E-state index in [0.717, 1.165) is 18.8 Å². The van der Waals surface area contributed by atoms with Gasteiger partial charge in [0.2, 0.25) is 0 Å². The summed E-state index contributed by atoms with van der Waals surface area (Å²) in [5, 5.41) is 12.8. The molecule has 0 aromatic rings. The minimum atomic E-state index is -0.0597. The fourth-order valence-corrected chi connectivity index (χ4v) is 2.28. The molecule has 0 bridgehead atoms. The van der Waals surface area contributed by atoms with E-state index in [-0.39, 0.29) is 6.10 Å². The molecule has 0 aliphatic heterocycles. The van der Waals surface area contributed by atoms with Gasteiger partial charge in [0.25, 0.3) is 0 Å². The monoisotopic (exact) mass is 171 g/mol. The molecule has 72 valence electrons. The minimum Gasteiger partial charge on any atom is -0.393 e. The van der Waals surface area contributed by atoms with E-state index in [1.165, 1.54) is 19.3 Å². The van der Waals surface area contributed by atoms with Gasteiger partial charge in [0.15, 0.2) is 0 Å². The Labute approximate surface area is 75.4 Å². The summed E-state index contributed by atoms with van der Waals surface area (Å²) in [4.78, 5) is 0. The highest BCUT2D eigenvalue weighted by Crippen LogP contribution is 2.27. The predicted molar refractivity (Wildman–Crippen MR) is 51.1 cm³/mol. The maximum Gasteiger partial charge on any atom is 0.0555 e. The molecular formula is C10H21NO. The summed E-state index contributed by atoms with van der Waals surface area (Å²) in [5.41, 5.74) is 0. The van der Waals surface area contributed by atoms with Gasteiger partial charge in [0.05, 0.1) is 6.10 Å². The van der Waals surface area contributed by atoms with Crippen LogP contribution in [0.2, 0.25) is 0 Å². The third kappa shape index (κ3) is 2.46. The predicted octanol–water partition coefficient (Wildman–Crippen LogP) is 1.54. The average molecular weight is 171 g/mol. The zero-order chi connectivity index (χ0) is 8.97. The first-order valence-electron chi connectivity index (χ1n) is 5.13. The highest BCUT2D eigenvalue weighted by atomic mass is 16.3. The van der Waals surface area contributed by atoms with Gasteiger partial charge in [0, 0.05) is 6.04 Å². The molecule has 0 aromatic heterocycles. The lowest BCUT2D eigenvalue weighted by atomic mass is 9.80. The summed E-state index contributed by atoms with van der Waals surface area (Å²) in [7, 11) is 2.01. The van der Waals surface area contributed by atoms with Crippen LogP contribution in [-0.2, 0) is 0 Å². The fourth-order valence-electron chi connectivity index (χ4n) is 2.28. The molecule has 2 nitrogen and oxygen atoms in total. The molecule has 0 aromatic carbocycles. The molecule has 1 fully saturated rings. The molecule has 0 radical (unpaired) electrons. The van der Waals surface area contributed by atoms with Crippen LogP contribution in [0.1, 0.15) is 39.0 Å². The van der Waals surface area contributed by atoms with Gasteiger partial charge >= 0.3 is 0 Å². The van der Waals surface area contributed by atoms with Crippen molar-refractivity contribution in [2.24, 2.45) is 5.92 Å². The van der Waals surface area contributed by atoms with Gasteiger partial charge in [-0.2, -0.15) is 0 Å². The van der Waals surface area contributed by atoms with E-state index >= 15 is 0 Å². The second kappa shape index (κ2) is 4.83. The van der Waals surface area contributed by atoms with Crippen LogP contribution < -0.4 is 5.32 Å². The first-order valence-corrected chi connectivity index (χ1v) is 5.13. The van der Waals surface area contributed by atoms with Crippen LogP contribution in [0, 0.1) is 5.92 Å². The second-order valence-electron chi connectivity index (χ2n) is 3.91. The van der Waals surface area contributed by atoms with Crippen LogP contribution in [0.4, 0.5) is 0 Å². The van der Waals surface area contributed by atoms with E-state index in [2.05, 4.69) is 12.2 Å². The number of hydrogen-bond acceptors (Lipinski definition) is 2. The van der Waals surface area contributed by atoms with Crippen molar-refractivity contribution in [1.29, 1.82) is 0 Å². The summed E-state index contributed by atoms with van der Waals surface area (Å²) in [6.45, 7) is 2.23. The highest BCUT2D eigenvalue weighted by Gasteiger charge is 2.27. The molecule has 2 N–H and O–H groups in total. The number of aliphatic hydroxyl groups excluding tert-OH is 1. The van der Waals surface area contributed by atoms with E-state index in [1.54, 1.807) is 0 Å². The van der Waals surface area contributed by atoms with Gasteiger partial charge < -0.3 is 10.4 Å². The Morgan fingerprint density at radius 2 is 2.17 bits per heavy atom. The van der Waals surface area contributed by atoms with Crippen molar-refractivity contribution in [3.05, 3.63) is 0 Å². The number of hydrogen-bond donors (Lipinski definition) is 2. The van der Waals surface area contributed by atoms with Crippen molar-refractivity contribution >= 4 is 0 Å². The van der Waals surface area contributed by atoms with Gasteiger partial charge in [0.1, 0.15) is 0 Å². The van der Waals surface area contributed by atoms with Gasteiger partial charge in [-0.3, -0.25) is 0 Å². The molecule has 0 heterocycles. The maximum absolute atomic E-state index is 9.46. The van der Waals surface area contributed by atoms with Crippen molar-refractivity contribution in [3.63, 3.8) is 0 Å². The van der Waals surface area contributed by atoms with Crippen LogP contribution in [0.3, 0.4) is 0 Å². The average Bonchev–Trinajstić information content (AvgIpc) is 2.08. The van der Waals surface area contributed by atoms with Crippen LogP contribution in [0.25, 0.3) is 0 Å². The Morgan fingerprint density at radius 1 is 1.42 bits per heavy atom. The fraction of sp³-hybridized carbons (Fsp3) is 1.00. The lowest BCUT2D eigenvalue weighted by Crippen LogP contribution is -2.40. The van der Waals surface area contributed by atoms with Crippen molar-refractivity contribution in [2.75, 3.05) is 7.05 Å². The topological polar surface area (TPSA) is 32.3 Å². The largest absolute Gasteiger partial charge is 0.393 e. The molecule has 1 aliphatic carbocycles. The van der Waals surface area contributed by atoms with E-state index in [1.807, 2.05) is 7.05 Å². The molecule has 2 heteroatoms. The quantitative estimate of drug-likeness (QED) is 0.675. The molecule has 0 saturated heterocycles. The Hall–Kier alpha value is -0.0800. The SMILES string of the molecule is CCCC1CCC(O)CC1NC. The highest BCUT2D eigenvalue weighted by molar-refractivity contribution is 4.83. The normalized spacial score (nSPS) is 36.8. The molecule has 0 amide bonds. The Kier molecular flexibility index (Phi) is 4.02. The Bertz CT molecular complexity index is 127. The molecule has 1 rings (SSSR count). The van der Waals surface area contributed by atoms with Gasteiger partial charge in [-0.05, 0) is 38.6 Å². The number of nitrogens with one attached hydrogen (secondary N) is 1. The molecule has 12 heavy (non-hydrogen) atoms. The van der Waals surface area contributed by atoms with Crippen molar-refractivity contribution in [3.8, 4) is 0 Å². The van der Waals surface area contributed by atoms with E-state index in [0.29, 0.717) is 6.04 Å². The molecule has 3 atom stereocenters. The number of rotatable bonds is 3. The van der Waals surface area contributed by atoms with E-state index in [4.69, 9.17) is 0 Å². The third-order valence-electron chi connectivity index (χ3n) is 3.00. The zero-order valence-corrected chi connectivity index (χ0v) is 8.21. The summed E-state index contributed by atoms with van der Waals surface area (Å²) in [6.07, 6.45) is 5.65. The summed E-state index contributed by atoms with van der Waals surface area (Å²) < 4.78 is 0. The second-order valence-corrected chi connectivity index (χ2v) is 3.91.